The van der Waals surface area contributed by atoms with Crippen LogP contribution in [0.5, 0.6) is 0 Å². The largest absolute Gasteiger partial charge is 0.338 e. The first-order valence-electron chi connectivity index (χ1n) is 8.37. The van der Waals surface area contributed by atoms with Crippen LogP contribution in [-0.2, 0) is 4.79 Å². The van der Waals surface area contributed by atoms with Gasteiger partial charge in [-0.1, -0.05) is 25.4 Å². The maximum atomic E-state index is 12.7. The summed E-state index contributed by atoms with van der Waals surface area (Å²) in [6.07, 6.45) is 3.81. The van der Waals surface area contributed by atoms with Gasteiger partial charge in [0.1, 0.15) is 5.54 Å². The van der Waals surface area contributed by atoms with Crippen molar-refractivity contribution in [2.75, 3.05) is 19.6 Å². The first-order chi connectivity index (χ1) is 11.8. The lowest BCUT2D eigenvalue weighted by atomic mass is 9.85. The number of halogens is 1. The molecule has 1 spiro atoms. The molecule has 3 rings (SSSR count). The average Bonchev–Trinajstić information content (AvgIpc) is 2.79. The van der Waals surface area contributed by atoms with E-state index in [4.69, 9.17) is 11.6 Å². The molecule has 0 aromatic carbocycles. The van der Waals surface area contributed by atoms with E-state index in [1.807, 2.05) is 13.8 Å². The van der Waals surface area contributed by atoms with Crippen LogP contribution in [-0.4, -0.2) is 57.8 Å². The zero-order valence-corrected chi connectivity index (χ0v) is 15.0. The van der Waals surface area contributed by atoms with E-state index in [1.165, 1.54) is 12.4 Å². The van der Waals surface area contributed by atoms with Gasteiger partial charge in [0.05, 0.1) is 10.6 Å². The van der Waals surface area contributed by atoms with Gasteiger partial charge in [-0.2, -0.15) is 0 Å². The standard InChI is InChI=1S/C17H21ClN4O3/c1-11(2)10-22-16(25)20-15(24)17(22)4-7-21(8-5-17)14(23)12-3-6-19-9-13(12)18/h3,6,9,11H,4-5,7-8,10H2,1-2H3,(H,20,24,25). The number of rotatable bonds is 3. The molecule has 7 nitrogen and oxygen atoms in total. The molecule has 0 saturated carbocycles. The van der Waals surface area contributed by atoms with Crippen LogP contribution >= 0.6 is 11.6 Å². The fourth-order valence-corrected chi connectivity index (χ4v) is 3.72. The fraction of sp³-hybridized carbons (Fsp3) is 0.529. The second-order valence-corrected chi connectivity index (χ2v) is 7.35. The Labute approximate surface area is 151 Å². The number of carbonyl (C=O) groups is 3. The summed E-state index contributed by atoms with van der Waals surface area (Å²) in [6.45, 7) is 5.32. The molecule has 1 N–H and O–H groups in total. The molecule has 0 atom stereocenters. The monoisotopic (exact) mass is 364 g/mol. The normalized spacial score (nSPS) is 19.7. The molecule has 0 radical (unpaired) electrons. The molecule has 2 saturated heterocycles. The smallest absolute Gasteiger partial charge is 0.325 e. The van der Waals surface area contributed by atoms with Crippen molar-refractivity contribution in [2.24, 2.45) is 5.92 Å². The van der Waals surface area contributed by atoms with Gasteiger partial charge in [0.15, 0.2) is 0 Å². The molecule has 0 bridgehead atoms. The minimum atomic E-state index is -0.847. The predicted molar refractivity (Wildman–Crippen MR) is 92.2 cm³/mol. The Balaban J connectivity index is 1.76. The number of hydrogen-bond donors (Lipinski definition) is 1. The molecule has 134 valence electrons. The number of nitrogens with zero attached hydrogens (tertiary/aromatic N) is 3. The number of imide groups is 1. The minimum Gasteiger partial charge on any atom is -0.338 e. The Bertz CT molecular complexity index is 714. The van der Waals surface area contributed by atoms with Crippen molar-refractivity contribution in [2.45, 2.75) is 32.2 Å². The van der Waals surface area contributed by atoms with Crippen molar-refractivity contribution < 1.29 is 14.4 Å². The molecular weight excluding hydrogens is 344 g/mol. The molecular formula is C17H21ClN4O3. The van der Waals surface area contributed by atoms with E-state index < -0.39 is 5.54 Å². The van der Waals surface area contributed by atoms with Crippen LogP contribution in [0.15, 0.2) is 18.5 Å². The second-order valence-electron chi connectivity index (χ2n) is 6.94. The SMILES string of the molecule is CC(C)CN1C(=O)NC(=O)C12CCN(C(=O)c1ccncc1Cl)CC2. The average molecular weight is 365 g/mol. The summed E-state index contributed by atoms with van der Waals surface area (Å²) in [5, 5.41) is 2.74. The van der Waals surface area contributed by atoms with E-state index in [0.29, 0.717) is 43.1 Å². The van der Waals surface area contributed by atoms with Crippen molar-refractivity contribution in [1.29, 1.82) is 0 Å². The Kier molecular flexibility index (Phi) is 4.69. The number of hydrogen-bond acceptors (Lipinski definition) is 4. The van der Waals surface area contributed by atoms with Crippen molar-refractivity contribution in [1.82, 2.24) is 20.1 Å². The fourth-order valence-electron chi connectivity index (χ4n) is 3.52. The number of nitrogens with one attached hydrogen (secondary N) is 1. The zero-order valence-electron chi connectivity index (χ0n) is 14.3. The van der Waals surface area contributed by atoms with Crippen molar-refractivity contribution in [3.8, 4) is 0 Å². The van der Waals surface area contributed by atoms with Crippen LogP contribution in [0, 0.1) is 5.92 Å². The lowest BCUT2D eigenvalue weighted by Crippen LogP contribution is -2.58. The maximum absolute atomic E-state index is 12.7. The van der Waals surface area contributed by atoms with E-state index in [-0.39, 0.29) is 23.8 Å². The van der Waals surface area contributed by atoms with Crippen LogP contribution in [0.25, 0.3) is 0 Å². The molecule has 0 unspecified atom stereocenters. The van der Waals surface area contributed by atoms with Gasteiger partial charge < -0.3 is 9.80 Å². The molecule has 2 aliphatic heterocycles. The Morgan fingerprint density at radius 2 is 2.04 bits per heavy atom. The van der Waals surface area contributed by atoms with E-state index in [2.05, 4.69) is 10.3 Å². The van der Waals surface area contributed by atoms with Gasteiger partial charge in [-0.3, -0.25) is 19.9 Å². The van der Waals surface area contributed by atoms with E-state index >= 15 is 0 Å². The summed E-state index contributed by atoms with van der Waals surface area (Å²) in [4.78, 5) is 44.5. The van der Waals surface area contributed by atoms with E-state index in [9.17, 15) is 14.4 Å². The minimum absolute atomic E-state index is 0.178. The van der Waals surface area contributed by atoms with E-state index in [0.717, 1.165) is 0 Å². The molecule has 2 aliphatic rings. The van der Waals surface area contributed by atoms with Crippen LogP contribution < -0.4 is 5.32 Å². The van der Waals surface area contributed by atoms with Crippen molar-refractivity contribution in [3.63, 3.8) is 0 Å². The number of piperidine rings is 1. The molecule has 1 aromatic heterocycles. The second kappa shape index (κ2) is 6.63. The Morgan fingerprint density at radius 1 is 1.36 bits per heavy atom. The summed E-state index contributed by atoms with van der Waals surface area (Å²) in [6, 6.07) is 1.25. The highest BCUT2D eigenvalue weighted by molar-refractivity contribution is 6.33. The Hall–Kier alpha value is -2.15. The predicted octanol–water partition coefficient (Wildman–Crippen LogP) is 1.92. The van der Waals surface area contributed by atoms with Gasteiger partial charge in [-0.05, 0) is 24.8 Å². The third-order valence-electron chi connectivity index (χ3n) is 4.83. The lowest BCUT2D eigenvalue weighted by molar-refractivity contribution is -0.129. The van der Waals surface area contributed by atoms with Crippen LogP contribution in [0.1, 0.15) is 37.0 Å². The highest BCUT2D eigenvalue weighted by Gasteiger charge is 2.54. The van der Waals surface area contributed by atoms with Crippen molar-refractivity contribution >= 4 is 29.4 Å². The van der Waals surface area contributed by atoms with Crippen LogP contribution in [0.2, 0.25) is 5.02 Å². The topological polar surface area (TPSA) is 82.6 Å². The number of pyridine rings is 1. The van der Waals surface area contributed by atoms with Gasteiger partial charge in [-0.25, -0.2) is 4.79 Å². The zero-order chi connectivity index (χ0) is 18.2. The highest BCUT2D eigenvalue weighted by Crippen LogP contribution is 2.34. The third kappa shape index (κ3) is 3.08. The lowest BCUT2D eigenvalue weighted by Gasteiger charge is -2.42. The number of amides is 4. The number of aromatic nitrogens is 1. The molecule has 4 amide bonds. The summed E-state index contributed by atoms with van der Waals surface area (Å²) in [5.41, 5.74) is -0.446. The van der Waals surface area contributed by atoms with Crippen LogP contribution in [0.4, 0.5) is 4.79 Å². The van der Waals surface area contributed by atoms with Gasteiger partial charge in [-0.15, -0.1) is 0 Å². The molecule has 1 aromatic rings. The summed E-state index contributed by atoms with van der Waals surface area (Å²) in [5.74, 6) is -0.182. The summed E-state index contributed by atoms with van der Waals surface area (Å²) in [7, 11) is 0. The van der Waals surface area contributed by atoms with Crippen molar-refractivity contribution in [3.05, 3.63) is 29.0 Å². The first-order valence-corrected chi connectivity index (χ1v) is 8.75. The maximum Gasteiger partial charge on any atom is 0.325 e. The van der Waals surface area contributed by atoms with Gasteiger partial charge in [0, 0.05) is 32.0 Å². The molecule has 2 fully saturated rings. The molecule has 8 heteroatoms. The quantitative estimate of drug-likeness (QED) is 0.830. The van der Waals surface area contributed by atoms with Crippen LogP contribution in [0.3, 0.4) is 0 Å². The highest BCUT2D eigenvalue weighted by atomic mass is 35.5. The Morgan fingerprint density at radius 3 is 2.64 bits per heavy atom. The first kappa shape index (κ1) is 17.7. The summed E-state index contributed by atoms with van der Waals surface area (Å²) >= 11 is 6.05. The number of carbonyl (C=O) groups excluding carboxylic acids is 3. The summed E-state index contributed by atoms with van der Waals surface area (Å²) < 4.78 is 0. The molecule has 3 heterocycles. The number of urea groups is 1. The van der Waals surface area contributed by atoms with E-state index in [1.54, 1.807) is 15.9 Å². The third-order valence-corrected chi connectivity index (χ3v) is 5.13. The molecule has 25 heavy (non-hydrogen) atoms. The van der Waals surface area contributed by atoms with Gasteiger partial charge in [0.2, 0.25) is 0 Å². The van der Waals surface area contributed by atoms with Gasteiger partial charge in [0.25, 0.3) is 11.8 Å². The number of likely N-dealkylation sites (tertiary alicyclic amines) is 1. The van der Waals surface area contributed by atoms with Gasteiger partial charge >= 0.3 is 6.03 Å². The molecule has 0 aliphatic carbocycles.